The van der Waals surface area contributed by atoms with Crippen molar-refractivity contribution in [2.75, 3.05) is 26.2 Å². The van der Waals surface area contributed by atoms with Crippen molar-refractivity contribution >= 4 is 101 Å². The Morgan fingerprint density at radius 3 is 1.17 bits per heavy atom. The van der Waals surface area contributed by atoms with Crippen molar-refractivity contribution < 1.29 is 28.8 Å². The highest BCUT2D eigenvalue weighted by Crippen LogP contribution is 2.33. The maximum absolute atomic E-state index is 11.9. The Morgan fingerprint density at radius 1 is 0.585 bits per heavy atom. The molecule has 0 aromatic carbocycles. The van der Waals surface area contributed by atoms with E-state index in [4.69, 9.17) is 86.8 Å². The van der Waals surface area contributed by atoms with Crippen LogP contribution in [0.25, 0.3) is 0 Å². The van der Waals surface area contributed by atoms with Gasteiger partial charge in [-0.3, -0.25) is 28.8 Å². The molecule has 0 aliphatic rings. The van der Waals surface area contributed by atoms with Crippen LogP contribution in [0.1, 0.15) is 59.3 Å². The van der Waals surface area contributed by atoms with E-state index in [1.54, 1.807) is 0 Å². The molecule has 0 aliphatic carbocycles. The Bertz CT molecular complexity index is 815. The molecule has 0 saturated carbocycles. The molecule has 10 nitrogen and oxygen atoms in total. The van der Waals surface area contributed by atoms with Gasteiger partial charge in [0.1, 0.15) is 0 Å². The van der Waals surface area contributed by atoms with E-state index in [-0.39, 0.29) is 38.5 Å². The molecule has 0 amide bonds. The summed E-state index contributed by atoms with van der Waals surface area (Å²) in [6.07, 6.45) is -0.595. The first-order valence-corrected chi connectivity index (χ1v) is 15.2. The van der Waals surface area contributed by atoms with Crippen LogP contribution in [0.4, 0.5) is 0 Å². The molecule has 7 N–H and O–H groups in total. The molecule has 0 saturated heterocycles. The van der Waals surface area contributed by atoms with Gasteiger partial charge in [-0.2, -0.15) is 0 Å². The molecule has 0 fully saturated rings. The van der Waals surface area contributed by atoms with Gasteiger partial charge in [-0.25, -0.2) is 0 Å². The van der Waals surface area contributed by atoms with Gasteiger partial charge >= 0.3 is 0 Å². The summed E-state index contributed by atoms with van der Waals surface area (Å²) in [4.78, 5) is 69.4. The van der Waals surface area contributed by atoms with E-state index in [9.17, 15) is 28.8 Å². The molecule has 240 valence electrons. The third kappa shape index (κ3) is 28.1. The SMILES string of the molecule is CC(C)N.CC(CC(CC(CC(CC(CCC(=O)Cl)C(=O)Cl)C(=O)Cl)C(=O)Cl)C(=O)Cl)C(=O)Cl.NCCNCCN. The minimum atomic E-state index is -1.01. The van der Waals surface area contributed by atoms with Crippen LogP contribution in [-0.4, -0.2) is 63.7 Å². The number of carbonyl (C=O) groups is 6. The van der Waals surface area contributed by atoms with Crippen LogP contribution < -0.4 is 22.5 Å². The fourth-order valence-corrected chi connectivity index (χ4v) is 4.27. The third-order valence-corrected chi connectivity index (χ3v) is 7.14. The first-order chi connectivity index (χ1) is 18.9. The van der Waals surface area contributed by atoms with Gasteiger partial charge < -0.3 is 22.5 Å². The summed E-state index contributed by atoms with van der Waals surface area (Å²) in [5, 5.41) is -1.55. The van der Waals surface area contributed by atoms with Gasteiger partial charge in [0.15, 0.2) is 0 Å². The Labute approximate surface area is 272 Å². The van der Waals surface area contributed by atoms with Crippen molar-refractivity contribution in [2.24, 2.45) is 46.8 Å². The average Bonchev–Trinajstić information content (AvgIpc) is 2.83. The molecule has 0 spiro atoms. The lowest BCUT2D eigenvalue weighted by molar-refractivity contribution is -0.120. The van der Waals surface area contributed by atoms with Crippen LogP contribution in [-0.2, 0) is 28.8 Å². The normalized spacial score (nSPS) is 14.3. The van der Waals surface area contributed by atoms with Crippen LogP contribution in [0.5, 0.6) is 0 Å². The first kappa shape index (κ1) is 45.0. The van der Waals surface area contributed by atoms with E-state index in [2.05, 4.69) is 5.32 Å². The van der Waals surface area contributed by atoms with E-state index in [1.807, 2.05) is 13.8 Å². The van der Waals surface area contributed by atoms with Gasteiger partial charge in [-0.05, 0) is 108 Å². The Morgan fingerprint density at radius 2 is 0.902 bits per heavy atom. The molecule has 5 atom stereocenters. The molecule has 0 bridgehead atoms. The largest absolute Gasteiger partial charge is 0.329 e. The van der Waals surface area contributed by atoms with Gasteiger partial charge in [0.05, 0.1) is 0 Å². The van der Waals surface area contributed by atoms with Crippen molar-refractivity contribution in [1.82, 2.24) is 5.32 Å². The van der Waals surface area contributed by atoms with Crippen molar-refractivity contribution in [3.63, 3.8) is 0 Å². The van der Waals surface area contributed by atoms with E-state index in [0.717, 1.165) is 13.1 Å². The second kappa shape index (κ2) is 27.2. The van der Waals surface area contributed by atoms with E-state index in [0.29, 0.717) is 19.1 Å². The van der Waals surface area contributed by atoms with E-state index >= 15 is 0 Å². The predicted octanol–water partition coefficient (Wildman–Crippen LogP) is 3.87. The van der Waals surface area contributed by atoms with Crippen molar-refractivity contribution in [1.29, 1.82) is 0 Å². The Kier molecular flexibility index (Phi) is 29.8. The lowest BCUT2D eigenvalue weighted by atomic mass is 9.82. The molecule has 0 rings (SSSR count). The van der Waals surface area contributed by atoms with Crippen molar-refractivity contribution in [3.8, 4) is 0 Å². The van der Waals surface area contributed by atoms with E-state index < -0.39 is 61.0 Å². The zero-order chi connectivity index (χ0) is 32.7. The summed E-state index contributed by atoms with van der Waals surface area (Å²) in [7, 11) is 0. The number of hydrogen-bond donors (Lipinski definition) is 4. The van der Waals surface area contributed by atoms with Gasteiger partial charge in [-0.15, -0.1) is 0 Å². The number of hydrogen-bond acceptors (Lipinski definition) is 10. The highest BCUT2D eigenvalue weighted by Gasteiger charge is 2.33. The molecule has 0 aromatic rings. The predicted molar refractivity (Wildman–Crippen MR) is 166 cm³/mol. The van der Waals surface area contributed by atoms with Crippen LogP contribution in [0.15, 0.2) is 0 Å². The summed E-state index contributed by atoms with van der Waals surface area (Å²) in [6, 6.07) is 0.333. The molecular formula is C25H42Cl6N4O6. The lowest BCUT2D eigenvalue weighted by Gasteiger charge is -2.24. The second-order valence-corrected chi connectivity index (χ2v) is 11.9. The standard InChI is InChI=1S/C18H20Cl6O6.C4H13N3.C3H9N/c1-8(14(20)26)4-10(16(22)28)6-12(18(24)30)7-11(17(23)29)5-9(15(21)27)2-3-13(19)25;5-1-3-7-4-2-6;1-3(2)4/h8-12H,2-7H2,1H3;7H,1-6H2;3H,4H2,1-2H3. The fraction of sp³-hybridized carbons (Fsp3) is 0.760. The minimum Gasteiger partial charge on any atom is -0.329 e. The smallest absolute Gasteiger partial charge is 0.224 e. The van der Waals surface area contributed by atoms with Crippen LogP contribution >= 0.6 is 69.6 Å². The highest BCUT2D eigenvalue weighted by atomic mass is 35.5. The van der Waals surface area contributed by atoms with Crippen LogP contribution in [0, 0.1) is 29.6 Å². The maximum atomic E-state index is 11.9. The summed E-state index contributed by atoms with van der Waals surface area (Å²) in [5.41, 5.74) is 15.4. The van der Waals surface area contributed by atoms with Crippen molar-refractivity contribution in [3.05, 3.63) is 0 Å². The van der Waals surface area contributed by atoms with Gasteiger partial charge in [0, 0.05) is 62.2 Å². The van der Waals surface area contributed by atoms with E-state index in [1.165, 1.54) is 6.92 Å². The number of nitrogens with two attached hydrogens (primary N) is 3. The summed E-state index contributed by atoms with van der Waals surface area (Å²) >= 11 is 33.1. The quantitative estimate of drug-likeness (QED) is 0.107. The third-order valence-electron chi connectivity index (χ3n) is 5.35. The zero-order valence-electron chi connectivity index (χ0n) is 23.5. The second-order valence-electron chi connectivity index (χ2n) is 9.62. The molecule has 0 aromatic heterocycles. The number of nitrogens with one attached hydrogen (secondary N) is 1. The molecule has 5 unspecified atom stereocenters. The topological polar surface area (TPSA) is 193 Å². The van der Waals surface area contributed by atoms with Crippen LogP contribution in [0.2, 0.25) is 0 Å². The number of halogens is 6. The molecule has 0 aliphatic heterocycles. The molecule has 0 radical (unpaired) electrons. The monoisotopic (exact) mass is 704 g/mol. The van der Waals surface area contributed by atoms with Gasteiger partial charge in [0.2, 0.25) is 31.5 Å². The Balaban J connectivity index is -0.00000110. The molecule has 41 heavy (non-hydrogen) atoms. The number of rotatable bonds is 20. The summed E-state index contributed by atoms with van der Waals surface area (Å²) in [5.74, 6) is -4.52. The first-order valence-electron chi connectivity index (χ1n) is 12.9. The van der Waals surface area contributed by atoms with Gasteiger partial charge in [0.25, 0.3) is 0 Å². The molecule has 0 heterocycles. The molecular weight excluding hydrogens is 665 g/mol. The zero-order valence-corrected chi connectivity index (χ0v) is 28.0. The average molecular weight is 707 g/mol. The minimum absolute atomic E-state index is 0.00294. The number of carbonyl (C=O) groups excluding carboxylic acids is 6. The lowest BCUT2D eigenvalue weighted by Crippen LogP contribution is -2.27. The molecule has 16 heteroatoms. The Hall–Kier alpha value is -0.400. The van der Waals surface area contributed by atoms with Gasteiger partial charge in [-0.1, -0.05) is 20.8 Å². The highest BCUT2D eigenvalue weighted by molar-refractivity contribution is 6.66. The fourth-order valence-electron chi connectivity index (χ4n) is 3.34. The summed E-state index contributed by atoms with van der Waals surface area (Å²) < 4.78 is 0. The maximum Gasteiger partial charge on any atom is 0.224 e. The van der Waals surface area contributed by atoms with Crippen LogP contribution in [0.3, 0.4) is 0 Å². The van der Waals surface area contributed by atoms with Crippen molar-refractivity contribution in [2.45, 2.75) is 65.3 Å². The summed E-state index contributed by atoms with van der Waals surface area (Å²) in [6.45, 7) is 8.52.